The quantitative estimate of drug-likeness (QED) is 0.276. The first-order valence-corrected chi connectivity index (χ1v) is 13.7. The van der Waals surface area contributed by atoms with E-state index in [2.05, 4.69) is 5.16 Å². The second-order valence-corrected chi connectivity index (χ2v) is 11.4. The first kappa shape index (κ1) is 24.1. The van der Waals surface area contributed by atoms with Gasteiger partial charge >= 0.3 is 5.97 Å². The Bertz CT molecular complexity index is 1510. The van der Waals surface area contributed by atoms with Crippen molar-refractivity contribution >= 4 is 28.7 Å². The molecule has 1 N–H and O–H groups in total. The van der Waals surface area contributed by atoms with Crippen molar-refractivity contribution in [3.63, 3.8) is 0 Å². The lowest BCUT2D eigenvalue weighted by Crippen LogP contribution is -2.07. The predicted octanol–water partition coefficient (Wildman–Crippen LogP) is 6.72. The number of nitrogens with zero attached hydrogens (tertiary/aromatic N) is 1. The van der Waals surface area contributed by atoms with E-state index in [0.29, 0.717) is 45.0 Å². The normalized spacial score (nSPS) is 16.6. The van der Waals surface area contributed by atoms with Crippen LogP contribution in [-0.4, -0.2) is 20.8 Å². The number of aromatic carboxylic acids is 1. The molecule has 6 nitrogen and oxygen atoms in total. The molecule has 0 amide bonds. The number of carbonyl (C=O) groups is 1. The molecule has 0 bridgehead atoms. The summed E-state index contributed by atoms with van der Waals surface area (Å²) < 4.78 is 25.4. The Morgan fingerprint density at radius 3 is 2.70 bits per heavy atom. The molecule has 0 radical (unpaired) electrons. The molecule has 1 unspecified atom stereocenters. The highest BCUT2D eigenvalue weighted by atomic mass is 35.5. The lowest BCUT2D eigenvalue weighted by Gasteiger charge is -2.14. The second-order valence-electron chi connectivity index (χ2n) is 9.53. The van der Waals surface area contributed by atoms with Gasteiger partial charge in [0.1, 0.15) is 23.8 Å². The van der Waals surface area contributed by atoms with Crippen LogP contribution < -0.4 is 4.74 Å². The van der Waals surface area contributed by atoms with Gasteiger partial charge in [-0.05, 0) is 68.5 Å². The third-order valence-electron chi connectivity index (χ3n) is 7.02. The van der Waals surface area contributed by atoms with Crippen LogP contribution in [0.1, 0.15) is 57.1 Å². The van der Waals surface area contributed by atoms with Crippen molar-refractivity contribution in [2.45, 2.75) is 54.9 Å². The Morgan fingerprint density at radius 1 is 1.14 bits per heavy atom. The Morgan fingerprint density at radius 2 is 1.95 bits per heavy atom. The van der Waals surface area contributed by atoms with Gasteiger partial charge in [-0.2, -0.15) is 0 Å². The lowest BCUT2D eigenvalue weighted by atomic mass is 10.0. The van der Waals surface area contributed by atoms with Crippen molar-refractivity contribution in [1.82, 2.24) is 5.16 Å². The molecule has 188 valence electrons. The van der Waals surface area contributed by atoms with Crippen molar-refractivity contribution < 1.29 is 23.7 Å². The molecule has 1 saturated carbocycles. The number of hydrogen-bond donors (Lipinski definition) is 1. The summed E-state index contributed by atoms with van der Waals surface area (Å²) in [4.78, 5) is 12.7. The van der Waals surface area contributed by atoms with Gasteiger partial charge in [-0.3, -0.25) is 0 Å². The van der Waals surface area contributed by atoms with Gasteiger partial charge in [-0.1, -0.05) is 35.0 Å². The monoisotopic (exact) mass is 533 g/mol. The highest BCUT2D eigenvalue weighted by Gasteiger charge is 2.34. The minimum Gasteiger partial charge on any atom is -0.606 e. The fourth-order valence-corrected chi connectivity index (χ4v) is 6.67. The third-order valence-corrected chi connectivity index (χ3v) is 8.91. The average Bonchev–Trinajstić information content (AvgIpc) is 3.67. The number of fused-ring (bicyclic) bond motifs is 2. The molecule has 6 rings (SSSR count). The zero-order valence-electron chi connectivity index (χ0n) is 20.1. The fourth-order valence-electron chi connectivity index (χ4n) is 4.89. The van der Waals surface area contributed by atoms with Crippen LogP contribution in [0.2, 0.25) is 5.02 Å². The third kappa shape index (κ3) is 4.52. The van der Waals surface area contributed by atoms with Gasteiger partial charge < -0.3 is 18.9 Å². The van der Waals surface area contributed by atoms with Gasteiger partial charge in [0.15, 0.2) is 9.79 Å². The Hall–Kier alpha value is -3.26. The zero-order chi connectivity index (χ0) is 25.7. The molecule has 4 aromatic rings. The Kier molecular flexibility index (Phi) is 6.23. The van der Waals surface area contributed by atoms with Crippen molar-refractivity contribution in [1.29, 1.82) is 0 Å². The van der Waals surface area contributed by atoms with Crippen molar-refractivity contribution in [2.24, 2.45) is 0 Å². The maximum Gasteiger partial charge on any atom is 0.335 e. The number of aromatic nitrogens is 1. The molecule has 37 heavy (non-hydrogen) atoms. The average molecular weight is 534 g/mol. The van der Waals surface area contributed by atoms with E-state index in [1.165, 1.54) is 6.07 Å². The van der Waals surface area contributed by atoms with Crippen LogP contribution in [-0.2, 0) is 30.6 Å². The first-order valence-electron chi connectivity index (χ1n) is 12.2. The first-order chi connectivity index (χ1) is 17.9. The maximum absolute atomic E-state index is 13.4. The second kappa shape index (κ2) is 9.56. The number of ether oxygens (including phenoxy) is 1. The SMILES string of the molecule is Cc1cccc(Cl)c1-c1noc(C2CC2)c1COc1ccc2c(c1)CCc1ccc(C(=O)O)cc1[S+]2[O-]. The van der Waals surface area contributed by atoms with E-state index < -0.39 is 17.1 Å². The fraction of sp³-hybridized carbons (Fsp3) is 0.241. The van der Waals surface area contributed by atoms with Crippen LogP contribution in [0.5, 0.6) is 5.75 Å². The largest absolute Gasteiger partial charge is 0.606 e. The standard InChI is InChI=1S/C29H24ClNO5S/c1-16-3-2-4-23(30)26(16)27-22(28(36-31-27)18-7-8-18)15-35-21-11-12-24-19(13-21)9-5-17-6-10-20(29(32)33)14-25(17)37(24)34/h2-4,6,10-14,18H,5,7-9,15H2,1H3,(H,32,33). The summed E-state index contributed by atoms with van der Waals surface area (Å²) in [6.07, 6.45) is 3.49. The molecule has 8 heteroatoms. The molecule has 1 aliphatic heterocycles. The minimum absolute atomic E-state index is 0.139. The summed E-state index contributed by atoms with van der Waals surface area (Å²) >= 11 is 5.08. The van der Waals surface area contributed by atoms with Crippen LogP contribution in [0.3, 0.4) is 0 Å². The molecule has 1 atom stereocenters. The van der Waals surface area contributed by atoms with Crippen LogP contribution in [0, 0.1) is 6.92 Å². The summed E-state index contributed by atoms with van der Waals surface area (Å²) in [7, 11) is 0. The molecule has 1 fully saturated rings. The molecule has 2 heterocycles. The molecular formula is C29H24ClNO5S. The highest BCUT2D eigenvalue weighted by Crippen LogP contribution is 2.45. The van der Waals surface area contributed by atoms with Crippen LogP contribution in [0.4, 0.5) is 0 Å². The van der Waals surface area contributed by atoms with Crippen molar-refractivity contribution in [2.75, 3.05) is 0 Å². The number of rotatable bonds is 6. The highest BCUT2D eigenvalue weighted by molar-refractivity contribution is 7.91. The van der Waals surface area contributed by atoms with E-state index in [0.717, 1.165) is 46.4 Å². The van der Waals surface area contributed by atoms with Gasteiger partial charge in [-0.25, -0.2) is 4.79 Å². The summed E-state index contributed by atoms with van der Waals surface area (Å²) in [6, 6.07) is 16.2. The summed E-state index contributed by atoms with van der Waals surface area (Å²) in [5, 5.41) is 14.4. The number of halogens is 1. The van der Waals surface area contributed by atoms with Crippen LogP contribution >= 0.6 is 11.6 Å². The molecule has 2 aliphatic rings. The Balaban J connectivity index is 1.29. The molecule has 1 aromatic heterocycles. The van der Waals surface area contributed by atoms with E-state index in [1.54, 1.807) is 12.1 Å². The van der Waals surface area contributed by atoms with E-state index >= 15 is 0 Å². The number of benzene rings is 3. The van der Waals surface area contributed by atoms with Crippen molar-refractivity contribution in [3.05, 3.63) is 93.2 Å². The van der Waals surface area contributed by atoms with Gasteiger partial charge in [0, 0.05) is 39.9 Å². The molecule has 0 saturated heterocycles. The minimum atomic E-state index is -1.47. The summed E-state index contributed by atoms with van der Waals surface area (Å²) in [5.74, 6) is 0.845. The van der Waals surface area contributed by atoms with Gasteiger partial charge in [0.05, 0.1) is 16.1 Å². The smallest absolute Gasteiger partial charge is 0.335 e. The predicted molar refractivity (Wildman–Crippen MR) is 140 cm³/mol. The number of hydrogen-bond acceptors (Lipinski definition) is 5. The van der Waals surface area contributed by atoms with Gasteiger partial charge in [-0.15, -0.1) is 0 Å². The molecule has 3 aromatic carbocycles. The van der Waals surface area contributed by atoms with E-state index in [4.69, 9.17) is 20.9 Å². The molecule has 0 spiro atoms. The number of aryl methyl sites for hydroxylation is 3. The van der Waals surface area contributed by atoms with Crippen LogP contribution in [0.15, 0.2) is 68.9 Å². The molecular weight excluding hydrogens is 510 g/mol. The van der Waals surface area contributed by atoms with Crippen molar-refractivity contribution in [3.8, 4) is 17.0 Å². The van der Waals surface area contributed by atoms with Crippen LogP contribution in [0.25, 0.3) is 11.3 Å². The summed E-state index contributed by atoms with van der Waals surface area (Å²) in [6.45, 7) is 2.28. The molecule has 1 aliphatic carbocycles. The maximum atomic E-state index is 13.4. The number of carboxylic acids is 1. The Labute approximate surface area is 222 Å². The van der Waals surface area contributed by atoms with E-state index in [1.807, 2.05) is 43.3 Å². The van der Waals surface area contributed by atoms with Gasteiger partial charge in [0.25, 0.3) is 0 Å². The van der Waals surface area contributed by atoms with E-state index in [-0.39, 0.29) is 12.2 Å². The zero-order valence-corrected chi connectivity index (χ0v) is 21.7. The lowest BCUT2D eigenvalue weighted by molar-refractivity contribution is 0.0696. The number of carboxylic acid groups (broad SMARTS) is 1. The topological polar surface area (TPSA) is 95.6 Å². The van der Waals surface area contributed by atoms with Gasteiger partial charge in [0.2, 0.25) is 0 Å². The summed E-state index contributed by atoms with van der Waals surface area (Å²) in [5.41, 5.74) is 5.47. The van der Waals surface area contributed by atoms with E-state index in [9.17, 15) is 14.5 Å².